The number of benzene rings is 1. The van der Waals surface area contributed by atoms with Crippen LogP contribution in [0.1, 0.15) is 49.8 Å². The van der Waals surface area contributed by atoms with Crippen LogP contribution >= 0.6 is 0 Å². The highest BCUT2D eigenvalue weighted by Crippen LogP contribution is 2.22. The third-order valence-corrected chi connectivity index (χ3v) is 5.49. The number of imidazole rings is 1. The number of amides is 2. The summed E-state index contributed by atoms with van der Waals surface area (Å²) in [5, 5.41) is 0. The molecule has 0 unspecified atom stereocenters. The molecule has 1 aromatic carbocycles. The highest BCUT2D eigenvalue weighted by molar-refractivity contribution is 5.97. The lowest BCUT2D eigenvalue weighted by Gasteiger charge is -2.34. The fourth-order valence-electron chi connectivity index (χ4n) is 3.76. The van der Waals surface area contributed by atoms with Crippen LogP contribution in [0.2, 0.25) is 0 Å². The van der Waals surface area contributed by atoms with E-state index >= 15 is 0 Å². The standard InChI is InChI=1S/C22H32N4O3/c1-15-23-18-13-17(7-8-19(18)25(15)6)20(27)26-11-9-16(10-12-26)14-24(5)21(28)29-22(2,3)4/h7-8,13,16H,9-12,14H2,1-6H3. The number of carbonyl (C=O) groups is 2. The summed E-state index contributed by atoms with van der Waals surface area (Å²) in [7, 11) is 3.75. The Morgan fingerprint density at radius 2 is 1.90 bits per heavy atom. The lowest BCUT2D eigenvalue weighted by Crippen LogP contribution is -2.43. The molecular formula is C22H32N4O3. The van der Waals surface area contributed by atoms with Gasteiger partial charge in [-0.25, -0.2) is 9.78 Å². The van der Waals surface area contributed by atoms with Gasteiger partial charge < -0.3 is 19.1 Å². The normalized spacial score (nSPS) is 15.6. The molecule has 1 aliphatic rings. The average Bonchev–Trinajstić information content (AvgIpc) is 2.94. The first-order valence-electron chi connectivity index (χ1n) is 10.2. The van der Waals surface area contributed by atoms with Crippen molar-refractivity contribution >= 4 is 23.0 Å². The van der Waals surface area contributed by atoms with Gasteiger partial charge in [-0.1, -0.05) is 0 Å². The Morgan fingerprint density at radius 1 is 1.24 bits per heavy atom. The van der Waals surface area contributed by atoms with E-state index in [1.54, 1.807) is 11.9 Å². The highest BCUT2D eigenvalue weighted by Gasteiger charge is 2.27. The molecule has 0 bridgehead atoms. The van der Waals surface area contributed by atoms with Crippen molar-refractivity contribution in [1.82, 2.24) is 19.4 Å². The van der Waals surface area contributed by atoms with E-state index in [1.807, 2.05) is 62.4 Å². The Morgan fingerprint density at radius 3 is 2.52 bits per heavy atom. The van der Waals surface area contributed by atoms with Crippen LogP contribution in [-0.4, -0.2) is 63.6 Å². The zero-order valence-corrected chi connectivity index (χ0v) is 18.4. The van der Waals surface area contributed by atoms with Crippen molar-refractivity contribution in [1.29, 1.82) is 0 Å². The summed E-state index contributed by atoms with van der Waals surface area (Å²) >= 11 is 0. The minimum absolute atomic E-state index is 0.0501. The van der Waals surface area contributed by atoms with Crippen molar-refractivity contribution in [3.8, 4) is 0 Å². The molecule has 0 N–H and O–H groups in total. The number of hydrogen-bond donors (Lipinski definition) is 0. The van der Waals surface area contributed by atoms with E-state index in [0.29, 0.717) is 31.1 Å². The third kappa shape index (κ3) is 4.89. The van der Waals surface area contributed by atoms with Gasteiger partial charge in [0.15, 0.2) is 0 Å². The van der Waals surface area contributed by atoms with Crippen LogP contribution in [0.5, 0.6) is 0 Å². The van der Waals surface area contributed by atoms with Crippen LogP contribution in [0.15, 0.2) is 18.2 Å². The molecule has 0 atom stereocenters. The summed E-state index contributed by atoms with van der Waals surface area (Å²) in [5.74, 6) is 1.35. The summed E-state index contributed by atoms with van der Waals surface area (Å²) in [6, 6.07) is 5.73. The monoisotopic (exact) mass is 400 g/mol. The van der Waals surface area contributed by atoms with Gasteiger partial charge >= 0.3 is 6.09 Å². The molecule has 7 heteroatoms. The predicted molar refractivity (Wildman–Crippen MR) is 113 cm³/mol. The summed E-state index contributed by atoms with van der Waals surface area (Å²) in [4.78, 5) is 33.2. The molecule has 0 saturated carbocycles. The Balaban J connectivity index is 1.56. The summed E-state index contributed by atoms with van der Waals surface area (Å²) in [5.41, 5.74) is 2.07. The fraction of sp³-hybridized carbons (Fsp3) is 0.591. The summed E-state index contributed by atoms with van der Waals surface area (Å²) in [6.45, 7) is 9.61. The van der Waals surface area contributed by atoms with Crippen LogP contribution in [0.4, 0.5) is 4.79 Å². The Hall–Kier alpha value is -2.57. The van der Waals surface area contributed by atoms with Gasteiger partial charge in [-0.05, 0) is 64.7 Å². The average molecular weight is 401 g/mol. The van der Waals surface area contributed by atoms with E-state index in [-0.39, 0.29) is 12.0 Å². The second-order valence-electron chi connectivity index (χ2n) is 9.02. The van der Waals surface area contributed by atoms with Crippen molar-refractivity contribution in [2.75, 3.05) is 26.7 Å². The second kappa shape index (κ2) is 8.05. The molecular weight excluding hydrogens is 368 g/mol. The molecule has 0 radical (unpaired) electrons. The van der Waals surface area contributed by atoms with Gasteiger partial charge in [-0.15, -0.1) is 0 Å². The van der Waals surface area contributed by atoms with Crippen molar-refractivity contribution in [3.63, 3.8) is 0 Å². The zero-order valence-electron chi connectivity index (χ0n) is 18.4. The smallest absolute Gasteiger partial charge is 0.410 e. The lowest BCUT2D eigenvalue weighted by atomic mass is 9.96. The van der Waals surface area contributed by atoms with Crippen LogP contribution in [0.3, 0.4) is 0 Å². The molecule has 158 valence electrons. The number of nitrogens with zero attached hydrogens (tertiary/aromatic N) is 4. The van der Waals surface area contributed by atoms with Crippen molar-refractivity contribution in [2.45, 2.75) is 46.1 Å². The van der Waals surface area contributed by atoms with E-state index in [0.717, 1.165) is 29.7 Å². The topological polar surface area (TPSA) is 67.7 Å². The molecule has 1 aliphatic heterocycles. The maximum absolute atomic E-state index is 12.9. The lowest BCUT2D eigenvalue weighted by molar-refractivity contribution is 0.0246. The van der Waals surface area contributed by atoms with Gasteiger partial charge in [0.1, 0.15) is 11.4 Å². The number of carbonyl (C=O) groups excluding carboxylic acids is 2. The fourth-order valence-corrected chi connectivity index (χ4v) is 3.76. The molecule has 29 heavy (non-hydrogen) atoms. The number of aryl methyl sites for hydroxylation is 2. The van der Waals surface area contributed by atoms with Gasteiger partial charge in [0, 0.05) is 39.3 Å². The van der Waals surface area contributed by atoms with Crippen LogP contribution in [-0.2, 0) is 11.8 Å². The molecule has 1 saturated heterocycles. The Kier molecular flexibility index (Phi) is 5.87. The number of fused-ring (bicyclic) bond motifs is 1. The molecule has 7 nitrogen and oxygen atoms in total. The Labute approximate surface area is 172 Å². The van der Waals surface area contributed by atoms with Crippen molar-refractivity contribution < 1.29 is 14.3 Å². The number of aromatic nitrogens is 2. The molecule has 0 aliphatic carbocycles. The minimum Gasteiger partial charge on any atom is -0.444 e. The number of rotatable bonds is 3. The zero-order chi connectivity index (χ0) is 21.3. The molecule has 1 fully saturated rings. The molecule has 2 heterocycles. The van der Waals surface area contributed by atoms with Gasteiger partial charge in [0.25, 0.3) is 5.91 Å². The van der Waals surface area contributed by atoms with Crippen LogP contribution in [0, 0.1) is 12.8 Å². The molecule has 1 aromatic heterocycles. The van der Waals surface area contributed by atoms with Gasteiger partial charge in [-0.3, -0.25) is 4.79 Å². The third-order valence-electron chi connectivity index (χ3n) is 5.49. The maximum atomic E-state index is 12.9. The predicted octanol–water partition coefficient (Wildman–Crippen LogP) is 3.60. The first-order chi connectivity index (χ1) is 13.5. The van der Waals surface area contributed by atoms with Gasteiger partial charge in [0.05, 0.1) is 11.0 Å². The highest BCUT2D eigenvalue weighted by atomic mass is 16.6. The first-order valence-corrected chi connectivity index (χ1v) is 10.2. The van der Waals surface area contributed by atoms with E-state index in [1.165, 1.54) is 0 Å². The number of likely N-dealkylation sites (tertiary alicyclic amines) is 1. The maximum Gasteiger partial charge on any atom is 0.410 e. The van der Waals surface area contributed by atoms with E-state index in [2.05, 4.69) is 4.98 Å². The quantitative estimate of drug-likeness (QED) is 0.789. The van der Waals surface area contributed by atoms with Gasteiger partial charge in [-0.2, -0.15) is 0 Å². The number of hydrogen-bond acceptors (Lipinski definition) is 4. The summed E-state index contributed by atoms with van der Waals surface area (Å²) < 4.78 is 7.44. The SMILES string of the molecule is Cc1nc2cc(C(=O)N3CCC(CN(C)C(=O)OC(C)(C)C)CC3)ccc2n1C. The van der Waals surface area contributed by atoms with Crippen LogP contribution in [0.25, 0.3) is 11.0 Å². The Bertz CT molecular complexity index is 905. The molecule has 2 amide bonds. The number of piperidine rings is 1. The summed E-state index contributed by atoms with van der Waals surface area (Å²) in [6.07, 6.45) is 1.46. The van der Waals surface area contributed by atoms with E-state index < -0.39 is 5.60 Å². The van der Waals surface area contributed by atoms with Crippen molar-refractivity contribution in [2.24, 2.45) is 13.0 Å². The largest absolute Gasteiger partial charge is 0.444 e. The second-order valence-corrected chi connectivity index (χ2v) is 9.02. The van der Waals surface area contributed by atoms with E-state index in [4.69, 9.17) is 4.74 Å². The van der Waals surface area contributed by atoms with Gasteiger partial charge in [0.2, 0.25) is 0 Å². The minimum atomic E-state index is -0.492. The molecule has 0 spiro atoms. The van der Waals surface area contributed by atoms with Crippen LogP contribution < -0.4 is 0 Å². The van der Waals surface area contributed by atoms with E-state index in [9.17, 15) is 9.59 Å². The molecule has 2 aromatic rings. The number of ether oxygens (including phenoxy) is 1. The molecule has 3 rings (SSSR count). The first kappa shape index (κ1) is 21.1. The van der Waals surface area contributed by atoms with Crippen molar-refractivity contribution in [3.05, 3.63) is 29.6 Å².